The van der Waals surface area contributed by atoms with Gasteiger partial charge in [0.1, 0.15) is 11.6 Å². The highest BCUT2D eigenvalue weighted by molar-refractivity contribution is 7.98. The molecule has 1 fully saturated rings. The molecule has 0 spiro atoms. The summed E-state index contributed by atoms with van der Waals surface area (Å²) < 4.78 is 0. The molecule has 2 aromatic rings. The lowest BCUT2D eigenvalue weighted by Crippen LogP contribution is -2.43. The Kier molecular flexibility index (Phi) is 6.07. The fourth-order valence-corrected chi connectivity index (χ4v) is 3.69. The van der Waals surface area contributed by atoms with Crippen LogP contribution in [-0.4, -0.2) is 48.3 Å². The van der Waals surface area contributed by atoms with Crippen LogP contribution in [0.1, 0.15) is 18.7 Å². The van der Waals surface area contributed by atoms with Crippen molar-refractivity contribution in [2.75, 3.05) is 32.1 Å². The zero-order valence-electron chi connectivity index (χ0n) is 14.3. The van der Waals surface area contributed by atoms with Crippen LogP contribution in [0.3, 0.4) is 0 Å². The van der Waals surface area contributed by atoms with E-state index in [4.69, 9.17) is 9.82 Å². The molecule has 0 radical (unpaired) electrons. The normalized spacial score (nSPS) is 15.9. The molecule has 0 amide bonds. The molecular formula is C18H24N4OS. The maximum atomic E-state index is 5.31. The molecule has 1 aliphatic rings. The molecule has 0 unspecified atom stereocenters. The molecule has 1 saturated heterocycles. The smallest absolute Gasteiger partial charge is 0.140 e. The van der Waals surface area contributed by atoms with Crippen molar-refractivity contribution in [3.05, 3.63) is 48.4 Å². The molecule has 1 aromatic heterocycles. The van der Waals surface area contributed by atoms with Gasteiger partial charge in [0.2, 0.25) is 0 Å². The van der Waals surface area contributed by atoms with E-state index in [0.717, 1.165) is 43.3 Å². The van der Waals surface area contributed by atoms with Gasteiger partial charge in [-0.25, -0.2) is 9.97 Å². The summed E-state index contributed by atoms with van der Waals surface area (Å²) in [5.41, 5.74) is 0. The van der Waals surface area contributed by atoms with Crippen LogP contribution >= 0.6 is 11.8 Å². The van der Waals surface area contributed by atoms with Crippen molar-refractivity contribution < 1.29 is 4.84 Å². The van der Waals surface area contributed by atoms with Gasteiger partial charge in [0.05, 0.1) is 12.9 Å². The number of anilines is 1. The minimum atomic E-state index is 0.487. The van der Waals surface area contributed by atoms with Crippen molar-refractivity contribution in [2.45, 2.75) is 29.5 Å². The molecule has 0 aliphatic carbocycles. The maximum Gasteiger partial charge on any atom is 0.140 e. The van der Waals surface area contributed by atoms with E-state index in [-0.39, 0.29) is 0 Å². The van der Waals surface area contributed by atoms with Crippen LogP contribution in [0.15, 0.2) is 47.5 Å². The molecule has 0 bridgehead atoms. The van der Waals surface area contributed by atoms with Gasteiger partial charge in [0.15, 0.2) is 0 Å². The SMILES string of the molecule is CON(C)C1CCN(c2ccnc(CSc3ccccc3)n2)CC1. The monoisotopic (exact) mass is 344 g/mol. The summed E-state index contributed by atoms with van der Waals surface area (Å²) in [5, 5.41) is 1.96. The number of aromatic nitrogens is 2. The first-order valence-electron chi connectivity index (χ1n) is 8.28. The molecule has 1 aliphatic heterocycles. The van der Waals surface area contributed by atoms with Gasteiger partial charge < -0.3 is 9.74 Å². The summed E-state index contributed by atoms with van der Waals surface area (Å²) in [5.74, 6) is 2.71. The predicted molar refractivity (Wildman–Crippen MR) is 98.0 cm³/mol. The summed E-state index contributed by atoms with van der Waals surface area (Å²) in [6, 6.07) is 12.9. The lowest BCUT2D eigenvalue weighted by Gasteiger charge is -2.36. The van der Waals surface area contributed by atoms with Gasteiger partial charge in [0.25, 0.3) is 0 Å². The molecule has 3 rings (SSSR count). The molecular weight excluding hydrogens is 320 g/mol. The van der Waals surface area contributed by atoms with Crippen molar-refractivity contribution in [3.63, 3.8) is 0 Å². The van der Waals surface area contributed by atoms with Gasteiger partial charge in [0, 0.05) is 37.3 Å². The van der Waals surface area contributed by atoms with Gasteiger partial charge in [-0.3, -0.25) is 0 Å². The van der Waals surface area contributed by atoms with Crippen molar-refractivity contribution in [3.8, 4) is 0 Å². The Morgan fingerprint density at radius 1 is 1.21 bits per heavy atom. The zero-order valence-corrected chi connectivity index (χ0v) is 15.1. The highest BCUT2D eigenvalue weighted by Gasteiger charge is 2.23. The second-order valence-electron chi connectivity index (χ2n) is 5.88. The van der Waals surface area contributed by atoms with Crippen LogP contribution in [0.5, 0.6) is 0 Å². The van der Waals surface area contributed by atoms with Crippen LogP contribution in [-0.2, 0) is 10.6 Å². The highest BCUT2D eigenvalue weighted by Crippen LogP contribution is 2.23. The fraction of sp³-hybridized carbons (Fsp3) is 0.444. The summed E-state index contributed by atoms with van der Waals surface area (Å²) in [7, 11) is 3.73. The largest absolute Gasteiger partial charge is 0.356 e. The highest BCUT2D eigenvalue weighted by atomic mass is 32.2. The molecule has 24 heavy (non-hydrogen) atoms. The lowest BCUT2D eigenvalue weighted by molar-refractivity contribution is -0.145. The minimum absolute atomic E-state index is 0.487. The van der Waals surface area contributed by atoms with E-state index in [1.165, 1.54) is 4.90 Å². The fourth-order valence-electron chi connectivity index (χ4n) is 2.91. The predicted octanol–water partition coefficient (Wildman–Crippen LogP) is 3.23. The average Bonchev–Trinajstić information content (AvgIpc) is 2.67. The first kappa shape index (κ1) is 17.2. The first-order valence-corrected chi connectivity index (χ1v) is 9.26. The van der Waals surface area contributed by atoms with E-state index < -0.39 is 0 Å². The molecule has 5 nitrogen and oxygen atoms in total. The molecule has 128 valence electrons. The number of benzene rings is 1. The Labute approximate surface area is 148 Å². The van der Waals surface area contributed by atoms with Crippen molar-refractivity contribution in [2.24, 2.45) is 0 Å². The minimum Gasteiger partial charge on any atom is -0.356 e. The Hall–Kier alpha value is -1.63. The summed E-state index contributed by atoms with van der Waals surface area (Å²) in [4.78, 5) is 18.1. The van der Waals surface area contributed by atoms with Crippen LogP contribution in [0.2, 0.25) is 0 Å². The number of hydrogen-bond donors (Lipinski definition) is 0. The number of thioether (sulfide) groups is 1. The third-order valence-electron chi connectivity index (χ3n) is 4.39. The Bertz CT molecular complexity index is 632. The van der Waals surface area contributed by atoms with Crippen LogP contribution in [0, 0.1) is 0 Å². The van der Waals surface area contributed by atoms with Gasteiger partial charge >= 0.3 is 0 Å². The number of nitrogens with zero attached hydrogens (tertiary/aromatic N) is 4. The number of hydrogen-bond acceptors (Lipinski definition) is 6. The topological polar surface area (TPSA) is 41.5 Å². The van der Waals surface area contributed by atoms with Gasteiger partial charge in [-0.2, -0.15) is 5.06 Å². The number of rotatable bonds is 6. The average molecular weight is 344 g/mol. The Balaban J connectivity index is 1.57. The molecule has 0 atom stereocenters. The second-order valence-corrected chi connectivity index (χ2v) is 6.93. The summed E-state index contributed by atoms with van der Waals surface area (Å²) in [6.07, 6.45) is 4.04. The molecule has 0 N–H and O–H groups in total. The molecule has 6 heteroatoms. The van der Waals surface area contributed by atoms with Gasteiger partial charge in [-0.15, -0.1) is 11.8 Å². The molecule has 2 heterocycles. The van der Waals surface area contributed by atoms with E-state index in [1.54, 1.807) is 18.9 Å². The van der Waals surface area contributed by atoms with E-state index >= 15 is 0 Å². The van der Waals surface area contributed by atoms with Crippen molar-refractivity contribution in [1.82, 2.24) is 15.0 Å². The zero-order chi connectivity index (χ0) is 16.8. The van der Waals surface area contributed by atoms with Crippen LogP contribution < -0.4 is 4.90 Å². The first-order chi connectivity index (χ1) is 11.8. The van der Waals surface area contributed by atoms with E-state index in [0.29, 0.717) is 6.04 Å². The Morgan fingerprint density at radius 2 is 1.96 bits per heavy atom. The molecule has 1 aromatic carbocycles. The number of piperidine rings is 1. The standard InChI is InChI=1S/C18H24N4OS/c1-21(23-2)15-9-12-22(13-10-15)18-8-11-19-17(20-18)14-24-16-6-4-3-5-7-16/h3-8,11,15H,9-10,12-14H2,1-2H3. The van der Waals surface area contributed by atoms with Crippen LogP contribution in [0.25, 0.3) is 0 Å². The van der Waals surface area contributed by atoms with E-state index in [9.17, 15) is 0 Å². The summed E-state index contributed by atoms with van der Waals surface area (Å²) in [6.45, 7) is 2.00. The third kappa shape index (κ3) is 4.47. The number of hydroxylamine groups is 2. The Morgan fingerprint density at radius 3 is 2.67 bits per heavy atom. The second kappa shape index (κ2) is 8.46. The van der Waals surface area contributed by atoms with Crippen LogP contribution in [0.4, 0.5) is 5.82 Å². The van der Waals surface area contributed by atoms with Crippen molar-refractivity contribution in [1.29, 1.82) is 0 Å². The van der Waals surface area contributed by atoms with E-state index in [2.05, 4.69) is 34.1 Å². The van der Waals surface area contributed by atoms with E-state index in [1.807, 2.05) is 30.4 Å². The van der Waals surface area contributed by atoms with Gasteiger partial charge in [-0.05, 0) is 31.0 Å². The third-order valence-corrected chi connectivity index (χ3v) is 5.40. The molecule has 0 saturated carbocycles. The summed E-state index contributed by atoms with van der Waals surface area (Å²) >= 11 is 1.77. The quantitative estimate of drug-likeness (QED) is 0.592. The lowest BCUT2D eigenvalue weighted by atomic mass is 10.1. The maximum absolute atomic E-state index is 5.31. The van der Waals surface area contributed by atoms with Gasteiger partial charge in [-0.1, -0.05) is 18.2 Å². The van der Waals surface area contributed by atoms with Crippen molar-refractivity contribution >= 4 is 17.6 Å².